The third-order valence-corrected chi connectivity index (χ3v) is 8.54. The summed E-state index contributed by atoms with van der Waals surface area (Å²) in [7, 11) is -4.47. The third-order valence-electron chi connectivity index (χ3n) is 7.56. The number of anilines is 1. The lowest BCUT2D eigenvalue weighted by atomic mass is 9.95. The van der Waals surface area contributed by atoms with Crippen molar-refractivity contribution in [2.75, 3.05) is 18.0 Å². The topological polar surface area (TPSA) is 84.5 Å². The van der Waals surface area contributed by atoms with Crippen molar-refractivity contribution in [1.29, 1.82) is 0 Å². The highest BCUT2D eigenvalue weighted by atomic mass is 32.2. The molecule has 1 aliphatic rings. The fraction of sp³-hybridized carbons (Fsp3) is 0.242. The van der Waals surface area contributed by atoms with Gasteiger partial charge in [-0.15, -0.1) is 0 Å². The van der Waals surface area contributed by atoms with Crippen molar-refractivity contribution in [2.24, 2.45) is 0 Å². The zero-order chi connectivity index (χ0) is 28.3. The normalized spacial score (nSPS) is 13.7. The lowest BCUT2D eigenvalue weighted by molar-refractivity contribution is -0.641. The Morgan fingerprint density at radius 3 is 1.93 bits per heavy atom. The minimum atomic E-state index is -4.47. The van der Waals surface area contributed by atoms with E-state index in [4.69, 9.17) is 5.11 Å². The maximum absolute atomic E-state index is 10.5. The molecule has 4 aromatic carbocycles. The van der Waals surface area contributed by atoms with Crippen molar-refractivity contribution in [3.8, 4) is 16.9 Å². The number of phenolic OH excluding ortho intramolecular Hbond substituents is 1. The summed E-state index contributed by atoms with van der Waals surface area (Å²) >= 11 is 0. The smallest absolute Gasteiger partial charge is 0.213 e. The van der Waals surface area contributed by atoms with E-state index in [2.05, 4.69) is 89.2 Å². The van der Waals surface area contributed by atoms with Crippen molar-refractivity contribution in [3.63, 3.8) is 0 Å². The van der Waals surface area contributed by atoms with Gasteiger partial charge in [-0.2, -0.15) is 4.57 Å². The largest absolute Gasteiger partial charge is 0.744 e. The molecule has 1 aromatic heterocycles. The van der Waals surface area contributed by atoms with Crippen molar-refractivity contribution in [1.82, 2.24) is 0 Å². The van der Waals surface area contributed by atoms with Gasteiger partial charge >= 0.3 is 0 Å². The van der Waals surface area contributed by atoms with Crippen LogP contribution in [0.1, 0.15) is 31.7 Å². The molecule has 206 valence electrons. The zero-order valence-corrected chi connectivity index (χ0v) is 23.7. The number of nitrogens with zero attached hydrogens (tertiary/aromatic N) is 2. The molecule has 1 fully saturated rings. The van der Waals surface area contributed by atoms with Crippen molar-refractivity contribution >= 4 is 37.6 Å². The first-order valence-corrected chi connectivity index (χ1v) is 15.1. The van der Waals surface area contributed by atoms with Gasteiger partial charge in [0, 0.05) is 36.5 Å². The maximum atomic E-state index is 10.5. The van der Waals surface area contributed by atoms with E-state index in [0.29, 0.717) is 5.56 Å². The van der Waals surface area contributed by atoms with Crippen LogP contribution in [0.4, 0.5) is 5.69 Å². The first-order valence-electron chi connectivity index (χ1n) is 13.7. The number of hydrogen-bond acceptors (Lipinski definition) is 5. The van der Waals surface area contributed by atoms with Crippen LogP contribution < -0.4 is 9.47 Å². The summed E-state index contributed by atoms with van der Waals surface area (Å²) in [5.74, 6) is -0.227. The van der Waals surface area contributed by atoms with Crippen molar-refractivity contribution < 1.29 is 22.6 Å². The molecule has 6 rings (SSSR count). The van der Waals surface area contributed by atoms with Gasteiger partial charge in [-0.1, -0.05) is 42.5 Å². The van der Waals surface area contributed by atoms with Gasteiger partial charge in [-0.05, 0) is 80.6 Å². The molecule has 2 heterocycles. The second-order valence-electron chi connectivity index (χ2n) is 10.2. The Labute approximate surface area is 235 Å². The second-order valence-corrected chi connectivity index (χ2v) is 11.5. The lowest BCUT2D eigenvalue weighted by Crippen LogP contribution is -2.34. The average Bonchev–Trinajstić information content (AvgIpc) is 2.97. The SMILES string of the molecule is CC[n+]1c2ccccc2c(-c2ccc(N3CCCCC3)cc2)c2ccccc21.Cc1ccc(O)cc1S(=O)(=O)[O-]. The second kappa shape index (κ2) is 11.7. The molecule has 0 spiro atoms. The number of pyridine rings is 1. The van der Waals surface area contributed by atoms with Gasteiger partial charge in [0.2, 0.25) is 11.0 Å². The molecule has 0 bridgehead atoms. The molecule has 5 aromatic rings. The Balaban J connectivity index is 0.000000227. The monoisotopic (exact) mass is 554 g/mol. The maximum Gasteiger partial charge on any atom is 0.213 e. The summed E-state index contributed by atoms with van der Waals surface area (Å²) in [5.41, 5.74) is 6.95. The van der Waals surface area contributed by atoms with Crippen LogP contribution in [0.25, 0.3) is 32.9 Å². The van der Waals surface area contributed by atoms with Crippen LogP contribution >= 0.6 is 0 Å². The van der Waals surface area contributed by atoms with E-state index in [1.807, 2.05) is 0 Å². The van der Waals surface area contributed by atoms with Crippen LogP contribution in [0.3, 0.4) is 0 Å². The van der Waals surface area contributed by atoms with Gasteiger partial charge in [-0.25, -0.2) is 8.42 Å². The van der Waals surface area contributed by atoms with Crippen LogP contribution in [0.5, 0.6) is 5.75 Å². The number of benzene rings is 4. The number of phenols is 1. The highest BCUT2D eigenvalue weighted by molar-refractivity contribution is 7.85. The van der Waals surface area contributed by atoms with E-state index < -0.39 is 10.1 Å². The fourth-order valence-corrected chi connectivity index (χ4v) is 6.34. The van der Waals surface area contributed by atoms with Gasteiger partial charge in [0.1, 0.15) is 22.4 Å². The van der Waals surface area contributed by atoms with Crippen molar-refractivity contribution in [2.45, 2.75) is 44.6 Å². The molecule has 40 heavy (non-hydrogen) atoms. The number of aryl methyl sites for hydroxylation is 2. The number of hydrogen-bond donors (Lipinski definition) is 1. The van der Waals surface area contributed by atoms with Crippen LogP contribution in [-0.4, -0.2) is 31.2 Å². The predicted molar refractivity (Wildman–Crippen MR) is 160 cm³/mol. The first kappa shape index (κ1) is 27.6. The molecule has 6 nitrogen and oxygen atoms in total. The molecular weight excluding hydrogens is 520 g/mol. The molecule has 7 heteroatoms. The van der Waals surface area contributed by atoms with E-state index in [9.17, 15) is 13.0 Å². The highest BCUT2D eigenvalue weighted by Gasteiger charge is 2.20. The standard InChI is InChI=1S/C26H27N2.C7H8O4S/c1-2-28-24-12-6-4-10-22(24)26(23-11-5-7-13-25(23)28)20-14-16-21(17-15-20)27-18-8-3-9-19-27;1-5-2-3-6(8)4-7(5)12(9,10)11/h4-7,10-17H,2-3,8-9,18-19H2,1H3;2-4,8H,1H3,(H,9,10,11)/q+1;/p-1. The molecule has 0 amide bonds. The first-order chi connectivity index (χ1) is 19.3. The number of para-hydroxylation sites is 2. The van der Waals surface area contributed by atoms with E-state index in [1.54, 1.807) is 0 Å². The summed E-state index contributed by atoms with van der Waals surface area (Å²) in [6, 6.07) is 30.5. The summed E-state index contributed by atoms with van der Waals surface area (Å²) < 4.78 is 34.0. The Morgan fingerprint density at radius 2 is 1.40 bits per heavy atom. The molecule has 0 saturated carbocycles. The molecule has 0 aliphatic carbocycles. The third kappa shape index (κ3) is 5.67. The molecule has 0 radical (unpaired) electrons. The number of aromatic nitrogens is 1. The summed E-state index contributed by atoms with van der Waals surface area (Å²) in [6.45, 7) is 7.06. The van der Waals surface area contributed by atoms with E-state index in [0.717, 1.165) is 12.6 Å². The minimum absolute atomic E-state index is 0.227. The van der Waals surface area contributed by atoms with E-state index in [-0.39, 0.29) is 10.6 Å². The summed E-state index contributed by atoms with van der Waals surface area (Å²) in [4.78, 5) is 2.15. The number of piperidine rings is 1. The number of fused-ring (bicyclic) bond motifs is 2. The molecular formula is C33H34N2O4S. The van der Waals surface area contributed by atoms with Crippen LogP contribution in [-0.2, 0) is 16.7 Å². The Hall–Kier alpha value is -3.94. The van der Waals surface area contributed by atoms with E-state index in [1.165, 1.54) is 90.0 Å². The average molecular weight is 555 g/mol. The van der Waals surface area contributed by atoms with Crippen LogP contribution in [0, 0.1) is 6.92 Å². The van der Waals surface area contributed by atoms with Gasteiger partial charge in [0.25, 0.3) is 0 Å². The van der Waals surface area contributed by atoms with Gasteiger partial charge in [-0.3, -0.25) is 0 Å². The quantitative estimate of drug-likeness (QED) is 0.154. The summed E-state index contributed by atoms with van der Waals surface area (Å²) in [5, 5.41) is 11.6. The van der Waals surface area contributed by atoms with Gasteiger partial charge in [0.15, 0.2) is 0 Å². The van der Waals surface area contributed by atoms with Crippen molar-refractivity contribution in [3.05, 3.63) is 96.6 Å². The van der Waals surface area contributed by atoms with Gasteiger partial charge in [0.05, 0.1) is 15.7 Å². The lowest BCUT2D eigenvalue weighted by Gasteiger charge is -2.29. The fourth-order valence-electron chi connectivity index (χ4n) is 5.62. The number of rotatable bonds is 4. The predicted octanol–water partition coefficient (Wildman–Crippen LogP) is 6.56. The van der Waals surface area contributed by atoms with Crippen LogP contribution in [0.2, 0.25) is 0 Å². The Bertz CT molecular complexity index is 1700. The highest BCUT2D eigenvalue weighted by Crippen LogP contribution is 2.35. The summed E-state index contributed by atoms with van der Waals surface area (Å²) in [6.07, 6.45) is 3.99. The van der Waals surface area contributed by atoms with Crippen LogP contribution in [0.15, 0.2) is 95.9 Å². The van der Waals surface area contributed by atoms with E-state index >= 15 is 0 Å². The molecule has 1 N–H and O–H groups in total. The Kier molecular flexibility index (Phi) is 8.05. The molecule has 0 unspecified atom stereocenters. The molecule has 1 saturated heterocycles. The number of aromatic hydroxyl groups is 1. The minimum Gasteiger partial charge on any atom is -0.744 e. The van der Waals surface area contributed by atoms with Gasteiger partial charge < -0.3 is 14.6 Å². The zero-order valence-electron chi connectivity index (χ0n) is 22.9. The Morgan fingerprint density at radius 1 is 0.825 bits per heavy atom. The molecule has 1 aliphatic heterocycles. The molecule has 0 atom stereocenters.